The van der Waals surface area contributed by atoms with Gasteiger partial charge >= 0.3 is 6.03 Å². The van der Waals surface area contributed by atoms with Crippen LogP contribution in [0.25, 0.3) is 0 Å². The maximum atomic E-state index is 11.6. The molecular weight excluding hydrogens is 230 g/mol. The van der Waals surface area contributed by atoms with Gasteiger partial charge in [0.1, 0.15) is 5.75 Å². The van der Waals surface area contributed by atoms with Crippen LogP contribution >= 0.6 is 0 Å². The Hall–Kier alpha value is -1.75. The molecule has 0 saturated carbocycles. The SMILES string of the molecule is COc1cccc(NC(=O)NCCCN(C)C)c1. The fourth-order valence-corrected chi connectivity index (χ4v) is 1.47. The van der Waals surface area contributed by atoms with E-state index in [1.807, 2.05) is 32.3 Å². The van der Waals surface area contributed by atoms with Crippen LogP contribution in [0.15, 0.2) is 24.3 Å². The second-order valence-corrected chi connectivity index (χ2v) is 4.27. The molecule has 1 rings (SSSR count). The van der Waals surface area contributed by atoms with E-state index < -0.39 is 0 Å². The number of nitrogens with zero attached hydrogens (tertiary/aromatic N) is 1. The molecule has 100 valence electrons. The Balaban J connectivity index is 2.30. The van der Waals surface area contributed by atoms with Crippen LogP contribution in [-0.2, 0) is 0 Å². The number of benzene rings is 1. The molecule has 0 radical (unpaired) electrons. The quantitative estimate of drug-likeness (QED) is 0.758. The standard InChI is InChI=1S/C13H21N3O2/c1-16(2)9-5-8-14-13(17)15-11-6-4-7-12(10-11)18-3/h4,6-7,10H,5,8-9H2,1-3H3,(H2,14,15,17). The molecule has 2 N–H and O–H groups in total. The molecule has 18 heavy (non-hydrogen) atoms. The number of ether oxygens (including phenoxy) is 1. The number of hydrogen-bond donors (Lipinski definition) is 2. The fourth-order valence-electron chi connectivity index (χ4n) is 1.47. The van der Waals surface area contributed by atoms with Gasteiger partial charge in [-0.25, -0.2) is 4.79 Å². The summed E-state index contributed by atoms with van der Waals surface area (Å²) in [5.74, 6) is 0.723. The molecule has 0 aliphatic carbocycles. The highest BCUT2D eigenvalue weighted by atomic mass is 16.5. The van der Waals surface area contributed by atoms with E-state index in [1.54, 1.807) is 13.2 Å². The lowest BCUT2D eigenvalue weighted by Crippen LogP contribution is -2.31. The lowest BCUT2D eigenvalue weighted by molar-refractivity contribution is 0.251. The van der Waals surface area contributed by atoms with Crippen molar-refractivity contribution in [2.75, 3.05) is 39.6 Å². The van der Waals surface area contributed by atoms with Crippen molar-refractivity contribution in [3.05, 3.63) is 24.3 Å². The van der Waals surface area contributed by atoms with Crippen LogP contribution in [0, 0.1) is 0 Å². The number of methoxy groups -OCH3 is 1. The molecule has 0 heterocycles. The Bertz CT molecular complexity index is 380. The third-order valence-corrected chi connectivity index (χ3v) is 2.40. The number of hydrogen-bond acceptors (Lipinski definition) is 3. The largest absolute Gasteiger partial charge is 0.497 e. The van der Waals surface area contributed by atoms with Crippen LogP contribution in [0.5, 0.6) is 5.75 Å². The van der Waals surface area contributed by atoms with Crippen LogP contribution in [-0.4, -0.2) is 45.2 Å². The number of nitrogens with one attached hydrogen (secondary N) is 2. The van der Waals surface area contributed by atoms with Gasteiger partial charge in [-0.05, 0) is 39.2 Å². The predicted octanol–water partition coefficient (Wildman–Crippen LogP) is 1.77. The summed E-state index contributed by atoms with van der Waals surface area (Å²) < 4.78 is 5.08. The van der Waals surface area contributed by atoms with Crippen molar-refractivity contribution in [3.8, 4) is 5.75 Å². The highest BCUT2D eigenvalue weighted by Gasteiger charge is 2.01. The fraction of sp³-hybridized carbons (Fsp3) is 0.462. The first-order chi connectivity index (χ1) is 8.61. The van der Waals surface area contributed by atoms with Gasteiger partial charge in [0.25, 0.3) is 0 Å². The topological polar surface area (TPSA) is 53.6 Å². The number of urea groups is 1. The second-order valence-electron chi connectivity index (χ2n) is 4.27. The molecule has 0 aliphatic rings. The number of carbonyl (C=O) groups is 1. The van der Waals surface area contributed by atoms with E-state index in [4.69, 9.17) is 4.74 Å². The molecule has 2 amide bonds. The average molecular weight is 251 g/mol. The Morgan fingerprint density at radius 3 is 2.83 bits per heavy atom. The molecule has 0 atom stereocenters. The molecule has 0 bridgehead atoms. The molecule has 0 spiro atoms. The molecule has 5 heteroatoms. The Morgan fingerprint density at radius 1 is 1.39 bits per heavy atom. The normalized spacial score (nSPS) is 10.2. The zero-order chi connectivity index (χ0) is 13.4. The van der Waals surface area contributed by atoms with Crippen molar-refractivity contribution in [1.82, 2.24) is 10.2 Å². The third kappa shape index (κ3) is 5.54. The lowest BCUT2D eigenvalue weighted by atomic mass is 10.3. The van der Waals surface area contributed by atoms with Crippen LogP contribution in [0.4, 0.5) is 10.5 Å². The van der Waals surface area contributed by atoms with Gasteiger partial charge in [-0.1, -0.05) is 6.07 Å². The highest BCUT2D eigenvalue weighted by Crippen LogP contribution is 2.16. The summed E-state index contributed by atoms with van der Waals surface area (Å²) in [6.07, 6.45) is 0.929. The first-order valence-electron chi connectivity index (χ1n) is 5.95. The lowest BCUT2D eigenvalue weighted by Gasteiger charge is -2.11. The number of carbonyl (C=O) groups excluding carboxylic acids is 1. The molecule has 0 unspecified atom stereocenters. The van der Waals surface area contributed by atoms with Gasteiger partial charge in [0, 0.05) is 18.3 Å². The van der Waals surface area contributed by atoms with E-state index in [9.17, 15) is 4.79 Å². The van der Waals surface area contributed by atoms with E-state index in [1.165, 1.54) is 0 Å². The van der Waals surface area contributed by atoms with Crippen molar-refractivity contribution >= 4 is 11.7 Å². The van der Waals surface area contributed by atoms with Gasteiger partial charge in [0.15, 0.2) is 0 Å². The Kier molecular flexibility index (Phi) is 6.00. The summed E-state index contributed by atoms with van der Waals surface area (Å²) in [6.45, 7) is 1.62. The molecule has 1 aromatic carbocycles. The van der Waals surface area contributed by atoms with Crippen molar-refractivity contribution in [1.29, 1.82) is 0 Å². The minimum absolute atomic E-state index is 0.193. The number of anilines is 1. The molecule has 0 aliphatic heterocycles. The first kappa shape index (κ1) is 14.3. The van der Waals surface area contributed by atoms with Crippen molar-refractivity contribution in [2.24, 2.45) is 0 Å². The van der Waals surface area contributed by atoms with Gasteiger partial charge in [-0.15, -0.1) is 0 Å². The van der Waals surface area contributed by atoms with Gasteiger partial charge in [0.05, 0.1) is 7.11 Å². The van der Waals surface area contributed by atoms with E-state index in [-0.39, 0.29) is 6.03 Å². The smallest absolute Gasteiger partial charge is 0.319 e. The summed E-state index contributed by atoms with van der Waals surface area (Å²) in [4.78, 5) is 13.7. The van der Waals surface area contributed by atoms with Crippen LogP contribution in [0.1, 0.15) is 6.42 Å². The van der Waals surface area contributed by atoms with E-state index in [0.29, 0.717) is 6.54 Å². The molecule has 0 aromatic heterocycles. The predicted molar refractivity (Wildman–Crippen MR) is 73.2 cm³/mol. The summed E-state index contributed by atoms with van der Waals surface area (Å²) >= 11 is 0. The van der Waals surface area contributed by atoms with Gasteiger partial charge in [0.2, 0.25) is 0 Å². The van der Waals surface area contributed by atoms with Gasteiger partial charge < -0.3 is 20.3 Å². The molecular formula is C13H21N3O2. The second kappa shape index (κ2) is 7.55. The van der Waals surface area contributed by atoms with E-state index >= 15 is 0 Å². The highest BCUT2D eigenvalue weighted by molar-refractivity contribution is 5.89. The summed E-state index contributed by atoms with van der Waals surface area (Å²) in [5.41, 5.74) is 0.722. The van der Waals surface area contributed by atoms with Crippen molar-refractivity contribution < 1.29 is 9.53 Å². The molecule has 0 fully saturated rings. The van der Waals surface area contributed by atoms with Crippen molar-refractivity contribution in [3.63, 3.8) is 0 Å². The molecule has 0 saturated heterocycles. The third-order valence-electron chi connectivity index (χ3n) is 2.40. The van der Waals surface area contributed by atoms with Crippen LogP contribution in [0.2, 0.25) is 0 Å². The van der Waals surface area contributed by atoms with Gasteiger partial charge in [-0.2, -0.15) is 0 Å². The van der Waals surface area contributed by atoms with E-state index in [2.05, 4.69) is 15.5 Å². The van der Waals surface area contributed by atoms with Crippen LogP contribution in [0.3, 0.4) is 0 Å². The number of amides is 2. The summed E-state index contributed by atoms with van der Waals surface area (Å²) in [7, 11) is 5.62. The van der Waals surface area contributed by atoms with E-state index in [0.717, 1.165) is 24.4 Å². The van der Waals surface area contributed by atoms with Crippen molar-refractivity contribution in [2.45, 2.75) is 6.42 Å². The zero-order valence-corrected chi connectivity index (χ0v) is 11.2. The number of rotatable bonds is 6. The summed E-state index contributed by atoms with van der Waals surface area (Å²) in [5, 5.41) is 5.57. The zero-order valence-electron chi connectivity index (χ0n) is 11.2. The minimum atomic E-state index is -0.193. The molecule has 1 aromatic rings. The summed E-state index contributed by atoms with van der Waals surface area (Å²) in [6, 6.07) is 7.07. The van der Waals surface area contributed by atoms with Gasteiger partial charge in [-0.3, -0.25) is 0 Å². The minimum Gasteiger partial charge on any atom is -0.497 e. The first-order valence-corrected chi connectivity index (χ1v) is 5.95. The van der Waals surface area contributed by atoms with Crippen LogP contribution < -0.4 is 15.4 Å². The Labute approximate surface area is 108 Å². The monoisotopic (exact) mass is 251 g/mol. The molecule has 5 nitrogen and oxygen atoms in total. The maximum Gasteiger partial charge on any atom is 0.319 e. The Morgan fingerprint density at radius 2 is 2.17 bits per heavy atom. The maximum absolute atomic E-state index is 11.6. The average Bonchev–Trinajstić information content (AvgIpc) is 2.34.